The van der Waals surface area contributed by atoms with Crippen LogP contribution >= 0.6 is 22.9 Å². The summed E-state index contributed by atoms with van der Waals surface area (Å²) in [5.74, 6) is 0.514. The number of benzene rings is 1. The van der Waals surface area contributed by atoms with Crippen LogP contribution in [0.25, 0.3) is 10.4 Å². The molecule has 0 saturated carbocycles. The Kier molecular flexibility index (Phi) is 5.95. The van der Waals surface area contributed by atoms with Crippen LogP contribution in [0.5, 0.6) is 0 Å². The van der Waals surface area contributed by atoms with E-state index >= 15 is 0 Å². The van der Waals surface area contributed by atoms with Crippen molar-refractivity contribution in [3.05, 3.63) is 74.2 Å². The first kappa shape index (κ1) is 20.3. The molecule has 4 rings (SSSR count). The number of pyridine rings is 1. The largest absolute Gasteiger partial charge is 0.353 e. The monoisotopic (exact) mass is 439 g/mol. The van der Waals surface area contributed by atoms with Gasteiger partial charge in [0.15, 0.2) is 0 Å². The maximum Gasteiger partial charge on any atom is 0.289 e. The number of aromatic nitrogens is 1. The van der Waals surface area contributed by atoms with E-state index in [0.29, 0.717) is 18.9 Å². The van der Waals surface area contributed by atoms with Crippen LogP contribution in [-0.2, 0) is 6.54 Å². The molecule has 3 heterocycles. The van der Waals surface area contributed by atoms with Gasteiger partial charge >= 0.3 is 0 Å². The van der Waals surface area contributed by atoms with Crippen LogP contribution in [0.15, 0.2) is 48.7 Å². The predicted octanol–water partition coefficient (Wildman–Crippen LogP) is 4.57. The summed E-state index contributed by atoms with van der Waals surface area (Å²) in [6, 6.07) is 15.4. The Labute approximate surface area is 182 Å². The zero-order valence-corrected chi connectivity index (χ0v) is 17.6. The Hall–Kier alpha value is -2.99. The molecule has 0 N–H and O–H groups in total. The van der Waals surface area contributed by atoms with Crippen molar-refractivity contribution in [2.24, 2.45) is 0 Å². The average Bonchev–Trinajstić information content (AvgIpc) is 3.22. The summed E-state index contributed by atoms with van der Waals surface area (Å²) in [5.41, 5.74) is 1.12. The maximum atomic E-state index is 10.9. The molecule has 1 saturated heterocycles. The SMILES string of the molecule is N#Cc1cc([N+](=O)[O-])cnc1N1CCN(Cc2ccc(-c3ccccc3Cl)s2)CC1. The van der Waals surface area contributed by atoms with Gasteiger partial charge in [0, 0.05) is 59.1 Å². The van der Waals surface area contributed by atoms with Gasteiger partial charge in [-0.3, -0.25) is 15.0 Å². The zero-order valence-electron chi connectivity index (χ0n) is 16.0. The molecule has 0 spiro atoms. The molecule has 7 nitrogen and oxygen atoms in total. The van der Waals surface area contributed by atoms with Crippen molar-refractivity contribution >= 4 is 34.4 Å². The summed E-state index contributed by atoms with van der Waals surface area (Å²) >= 11 is 8.05. The van der Waals surface area contributed by atoms with Crippen LogP contribution in [-0.4, -0.2) is 41.0 Å². The van der Waals surface area contributed by atoms with Crippen molar-refractivity contribution in [3.8, 4) is 16.5 Å². The quantitative estimate of drug-likeness (QED) is 0.427. The van der Waals surface area contributed by atoms with Gasteiger partial charge in [-0.25, -0.2) is 4.98 Å². The fourth-order valence-corrected chi connectivity index (χ4v) is 4.87. The highest BCUT2D eigenvalue weighted by Gasteiger charge is 2.22. The number of thiophene rings is 1. The molecule has 1 aromatic carbocycles. The molecule has 3 aromatic rings. The van der Waals surface area contributed by atoms with Gasteiger partial charge in [-0.05, 0) is 18.2 Å². The van der Waals surface area contributed by atoms with E-state index in [1.54, 1.807) is 11.3 Å². The van der Waals surface area contributed by atoms with E-state index in [4.69, 9.17) is 11.6 Å². The van der Waals surface area contributed by atoms with Gasteiger partial charge in [0.05, 0.1) is 4.92 Å². The third kappa shape index (κ3) is 4.28. The van der Waals surface area contributed by atoms with Gasteiger partial charge in [0.1, 0.15) is 23.6 Å². The van der Waals surface area contributed by atoms with Crippen molar-refractivity contribution in [2.45, 2.75) is 6.54 Å². The van der Waals surface area contributed by atoms with Gasteiger partial charge in [-0.15, -0.1) is 11.3 Å². The van der Waals surface area contributed by atoms with Crippen molar-refractivity contribution < 1.29 is 4.92 Å². The van der Waals surface area contributed by atoms with Crippen molar-refractivity contribution in [3.63, 3.8) is 0 Å². The van der Waals surface area contributed by atoms with E-state index in [1.165, 1.54) is 17.1 Å². The molecule has 0 atom stereocenters. The number of halogens is 1. The Balaban J connectivity index is 1.40. The summed E-state index contributed by atoms with van der Waals surface area (Å²) in [5, 5.41) is 21.0. The van der Waals surface area contributed by atoms with E-state index in [9.17, 15) is 15.4 Å². The third-order valence-corrected chi connectivity index (χ3v) is 6.47. The van der Waals surface area contributed by atoms with Gasteiger partial charge in [-0.2, -0.15) is 5.26 Å². The molecule has 1 aliphatic heterocycles. The van der Waals surface area contributed by atoms with Crippen LogP contribution in [0.2, 0.25) is 5.02 Å². The van der Waals surface area contributed by atoms with E-state index in [-0.39, 0.29) is 11.3 Å². The first-order valence-corrected chi connectivity index (χ1v) is 10.6. The number of hydrogen-bond acceptors (Lipinski definition) is 7. The van der Waals surface area contributed by atoms with Gasteiger partial charge in [-0.1, -0.05) is 29.8 Å². The third-order valence-electron chi connectivity index (χ3n) is 5.04. The van der Waals surface area contributed by atoms with E-state index in [1.807, 2.05) is 35.2 Å². The molecule has 2 aromatic heterocycles. The lowest BCUT2D eigenvalue weighted by atomic mass is 10.2. The van der Waals surface area contributed by atoms with Crippen LogP contribution in [0.4, 0.5) is 11.5 Å². The Morgan fingerprint density at radius 1 is 1.20 bits per heavy atom. The van der Waals surface area contributed by atoms with Crippen LogP contribution in [0.3, 0.4) is 0 Å². The van der Waals surface area contributed by atoms with Crippen LogP contribution in [0.1, 0.15) is 10.4 Å². The molecule has 0 bridgehead atoms. The number of anilines is 1. The lowest BCUT2D eigenvalue weighted by Gasteiger charge is -2.35. The number of hydrogen-bond donors (Lipinski definition) is 0. The highest BCUT2D eigenvalue weighted by molar-refractivity contribution is 7.15. The lowest BCUT2D eigenvalue weighted by Crippen LogP contribution is -2.46. The normalized spacial score (nSPS) is 14.5. The van der Waals surface area contributed by atoms with Crippen LogP contribution in [0, 0.1) is 21.4 Å². The topological polar surface area (TPSA) is 86.3 Å². The Morgan fingerprint density at radius 2 is 1.97 bits per heavy atom. The Bertz CT molecular complexity index is 1120. The highest BCUT2D eigenvalue weighted by atomic mass is 35.5. The minimum absolute atomic E-state index is 0.166. The number of rotatable bonds is 5. The molecule has 1 fully saturated rings. The fraction of sp³-hybridized carbons (Fsp3) is 0.238. The summed E-state index contributed by atoms with van der Waals surface area (Å²) in [7, 11) is 0. The number of nitriles is 1. The summed E-state index contributed by atoms with van der Waals surface area (Å²) < 4.78 is 0. The minimum atomic E-state index is -0.534. The molecule has 0 radical (unpaired) electrons. The minimum Gasteiger partial charge on any atom is -0.353 e. The summed E-state index contributed by atoms with van der Waals surface area (Å²) in [4.78, 5) is 21.4. The number of nitrogens with zero attached hydrogens (tertiary/aromatic N) is 5. The smallest absolute Gasteiger partial charge is 0.289 e. The van der Waals surface area contributed by atoms with Crippen molar-refractivity contribution in [1.82, 2.24) is 9.88 Å². The second-order valence-corrected chi connectivity index (χ2v) is 8.52. The molecule has 9 heteroatoms. The molecule has 0 aliphatic carbocycles. The van der Waals surface area contributed by atoms with Crippen LogP contribution < -0.4 is 4.90 Å². The lowest BCUT2D eigenvalue weighted by molar-refractivity contribution is -0.385. The van der Waals surface area contributed by atoms with Gasteiger partial charge < -0.3 is 4.90 Å². The molecule has 152 valence electrons. The maximum absolute atomic E-state index is 10.9. The predicted molar refractivity (Wildman–Crippen MR) is 118 cm³/mol. The van der Waals surface area contributed by atoms with Gasteiger partial charge in [0.2, 0.25) is 0 Å². The van der Waals surface area contributed by atoms with Crippen molar-refractivity contribution in [1.29, 1.82) is 5.26 Å². The summed E-state index contributed by atoms with van der Waals surface area (Å²) in [6.07, 6.45) is 1.21. The zero-order chi connectivity index (χ0) is 21.1. The molecule has 0 unspecified atom stereocenters. The van der Waals surface area contributed by atoms with E-state index in [2.05, 4.69) is 22.0 Å². The molecular formula is C21H18ClN5O2S. The first-order valence-electron chi connectivity index (χ1n) is 9.40. The molecule has 1 aliphatic rings. The molecule has 30 heavy (non-hydrogen) atoms. The van der Waals surface area contributed by atoms with Gasteiger partial charge in [0.25, 0.3) is 5.69 Å². The molecule has 0 amide bonds. The molecular weight excluding hydrogens is 422 g/mol. The fourth-order valence-electron chi connectivity index (χ4n) is 3.49. The number of piperazine rings is 1. The highest BCUT2D eigenvalue weighted by Crippen LogP contribution is 2.34. The van der Waals surface area contributed by atoms with E-state index < -0.39 is 4.92 Å². The van der Waals surface area contributed by atoms with E-state index in [0.717, 1.165) is 35.1 Å². The second kappa shape index (κ2) is 8.79. The first-order chi connectivity index (χ1) is 14.5. The average molecular weight is 440 g/mol. The second-order valence-electron chi connectivity index (χ2n) is 6.94. The number of nitro groups is 1. The Morgan fingerprint density at radius 3 is 2.67 bits per heavy atom. The van der Waals surface area contributed by atoms with Crippen molar-refractivity contribution in [2.75, 3.05) is 31.1 Å². The standard InChI is InChI=1S/C21H18ClN5O2S/c22-19-4-2-1-3-18(19)20-6-5-17(30-20)14-25-7-9-26(10-8-25)21-15(12-23)11-16(13-24-21)27(28)29/h1-6,11,13H,7-10,14H2. The summed E-state index contributed by atoms with van der Waals surface area (Å²) in [6.45, 7) is 3.91.